The second-order valence-electron chi connectivity index (χ2n) is 5.83. The van der Waals surface area contributed by atoms with Crippen LogP contribution in [0.5, 0.6) is 0 Å². The fourth-order valence-electron chi connectivity index (χ4n) is 2.72. The fraction of sp³-hybridized carbons (Fsp3) is 0.625. The minimum absolute atomic E-state index is 0.754. The molecule has 1 aliphatic rings. The number of hydrogen-bond acceptors (Lipinski definition) is 3. The molecule has 1 aromatic carbocycles. The summed E-state index contributed by atoms with van der Waals surface area (Å²) in [4.78, 5) is 4.93. The van der Waals surface area contributed by atoms with E-state index in [4.69, 9.17) is 0 Å². The molecular formula is C16H27N3. The van der Waals surface area contributed by atoms with Crippen LogP contribution >= 0.6 is 0 Å². The van der Waals surface area contributed by atoms with E-state index >= 15 is 0 Å². The zero-order chi connectivity index (χ0) is 13.7. The quantitative estimate of drug-likeness (QED) is 0.848. The SMILES string of the molecule is Cc1ccc(NCCN(C)CC2CCCN2C)cc1. The minimum Gasteiger partial charge on any atom is -0.384 e. The van der Waals surface area contributed by atoms with E-state index in [1.54, 1.807) is 0 Å². The first-order valence-corrected chi connectivity index (χ1v) is 7.34. The van der Waals surface area contributed by atoms with Crippen molar-refractivity contribution >= 4 is 5.69 Å². The zero-order valence-corrected chi connectivity index (χ0v) is 12.5. The Labute approximate surface area is 117 Å². The van der Waals surface area contributed by atoms with Crippen LogP contribution in [-0.2, 0) is 0 Å². The molecule has 0 bridgehead atoms. The molecule has 1 aromatic rings. The number of nitrogens with zero attached hydrogens (tertiary/aromatic N) is 2. The molecule has 1 saturated heterocycles. The van der Waals surface area contributed by atoms with E-state index in [1.165, 1.54) is 37.2 Å². The molecule has 3 nitrogen and oxygen atoms in total. The van der Waals surface area contributed by atoms with Crippen LogP contribution in [0.4, 0.5) is 5.69 Å². The smallest absolute Gasteiger partial charge is 0.0340 e. The first-order chi connectivity index (χ1) is 9.15. The number of likely N-dealkylation sites (N-methyl/N-ethyl adjacent to an activating group) is 2. The highest BCUT2D eigenvalue weighted by Crippen LogP contribution is 2.15. The molecule has 1 atom stereocenters. The van der Waals surface area contributed by atoms with Gasteiger partial charge >= 0.3 is 0 Å². The maximum Gasteiger partial charge on any atom is 0.0340 e. The lowest BCUT2D eigenvalue weighted by atomic mass is 10.2. The third kappa shape index (κ3) is 4.51. The first kappa shape index (κ1) is 14.4. The van der Waals surface area contributed by atoms with E-state index in [2.05, 4.69) is 60.4 Å². The molecule has 0 spiro atoms. The third-order valence-corrected chi connectivity index (χ3v) is 4.07. The third-order valence-electron chi connectivity index (χ3n) is 4.07. The van der Waals surface area contributed by atoms with Crippen LogP contribution in [0.1, 0.15) is 18.4 Å². The second kappa shape index (κ2) is 6.92. The summed E-state index contributed by atoms with van der Waals surface area (Å²) in [6.07, 6.45) is 2.71. The number of hydrogen-bond donors (Lipinski definition) is 1. The van der Waals surface area contributed by atoms with E-state index in [1.807, 2.05) is 0 Å². The van der Waals surface area contributed by atoms with Crippen molar-refractivity contribution in [3.8, 4) is 0 Å². The van der Waals surface area contributed by atoms with Crippen molar-refractivity contribution in [3.63, 3.8) is 0 Å². The van der Waals surface area contributed by atoms with Gasteiger partial charge in [-0.1, -0.05) is 17.7 Å². The van der Waals surface area contributed by atoms with Crippen LogP contribution < -0.4 is 5.32 Å². The summed E-state index contributed by atoms with van der Waals surface area (Å²) in [5.41, 5.74) is 2.53. The Bertz CT molecular complexity index is 374. The van der Waals surface area contributed by atoms with Crippen molar-refractivity contribution in [2.24, 2.45) is 0 Å². The van der Waals surface area contributed by atoms with Gasteiger partial charge in [0.05, 0.1) is 0 Å². The van der Waals surface area contributed by atoms with Crippen LogP contribution in [0.15, 0.2) is 24.3 Å². The summed E-state index contributed by atoms with van der Waals surface area (Å²) in [7, 11) is 4.47. The monoisotopic (exact) mass is 261 g/mol. The molecule has 0 radical (unpaired) electrons. The van der Waals surface area contributed by atoms with Gasteiger partial charge in [0.15, 0.2) is 0 Å². The normalized spacial score (nSPS) is 20.1. The number of benzene rings is 1. The van der Waals surface area contributed by atoms with Gasteiger partial charge in [0.25, 0.3) is 0 Å². The summed E-state index contributed by atoms with van der Waals surface area (Å²) in [5, 5.41) is 3.48. The molecule has 1 heterocycles. The van der Waals surface area contributed by atoms with Crippen LogP contribution in [0.25, 0.3) is 0 Å². The Morgan fingerprint density at radius 1 is 1.32 bits per heavy atom. The van der Waals surface area contributed by atoms with Crippen molar-refractivity contribution in [3.05, 3.63) is 29.8 Å². The van der Waals surface area contributed by atoms with E-state index in [0.29, 0.717) is 0 Å². The largest absolute Gasteiger partial charge is 0.384 e. The van der Waals surface area contributed by atoms with E-state index in [-0.39, 0.29) is 0 Å². The number of rotatable bonds is 6. The Morgan fingerprint density at radius 2 is 2.05 bits per heavy atom. The van der Waals surface area contributed by atoms with E-state index in [9.17, 15) is 0 Å². The molecule has 1 fully saturated rings. The fourth-order valence-corrected chi connectivity index (χ4v) is 2.72. The maximum atomic E-state index is 3.48. The van der Waals surface area contributed by atoms with Crippen molar-refractivity contribution < 1.29 is 0 Å². The van der Waals surface area contributed by atoms with Gasteiger partial charge in [-0.15, -0.1) is 0 Å². The van der Waals surface area contributed by atoms with Gasteiger partial charge in [-0.25, -0.2) is 0 Å². The van der Waals surface area contributed by atoms with Crippen molar-refractivity contribution in [1.29, 1.82) is 0 Å². The number of nitrogens with one attached hydrogen (secondary N) is 1. The lowest BCUT2D eigenvalue weighted by molar-refractivity contribution is 0.224. The Morgan fingerprint density at radius 3 is 2.68 bits per heavy atom. The van der Waals surface area contributed by atoms with Gasteiger partial charge < -0.3 is 15.1 Å². The predicted molar refractivity (Wildman–Crippen MR) is 82.8 cm³/mol. The van der Waals surface area contributed by atoms with Crippen LogP contribution in [0, 0.1) is 6.92 Å². The molecule has 19 heavy (non-hydrogen) atoms. The zero-order valence-electron chi connectivity index (χ0n) is 12.5. The predicted octanol–water partition coefficient (Wildman–Crippen LogP) is 2.43. The Balaban J connectivity index is 1.66. The topological polar surface area (TPSA) is 18.5 Å². The van der Waals surface area contributed by atoms with Crippen LogP contribution in [0.3, 0.4) is 0 Å². The number of anilines is 1. The summed E-state index contributed by atoms with van der Waals surface area (Å²) in [5.74, 6) is 0. The summed E-state index contributed by atoms with van der Waals surface area (Å²) >= 11 is 0. The highest BCUT2D eigenvalue weighted by Gasteiger charge is 2.21. The van der Waals surface area contributed by atoms with Crippen molar-refractivity contribution in [2.45, 2.75) is 25.8 Å². The van der Waals surface area contributed by atoms with Crippen LogP contribution in [-0.4, -0.2) is 56.1 Å². The molecule has 0 amide bonds. The van der Waals surface area contributed by atoms with Gasteiger partial charge in [-0.05, 0) is 52.5 Å². The van der Waals surface area contributed by atoms with Gasteiger partial charge in [0.1, 0.15) is 0 Å². The van der Waals surface area contributed by atoms with E-state index < -0.39 is 0 Å². The highest BCUT2D eigenvalue weighted by atomic mass is 15.2. The molecule has 1 aliphatic heterocycles. The summed E-state index contributed by atoms with van der Waals surface area (Å²) in [6.45, 7) is 6.68. The molecule has 0 aliphatic carbocycles. The van der Waals surface area contributed by atoms with Crippen molar-refractivity contribution in [2.75, 3.05) is 45.6 Å². The minimum atomic E-state index is 0.754. The van der Waals surface area contributed by atoms with E-state index in [0.717, 1.165) is 19.1 Å². The first-order valence-electron chi connectivity index (χ1n) is 7.34. The van der Waals surface area contributed by atoms with Gasteiger partial charge in [-0.2, -0.15) is 0 Å². The molecule has 0 aromatic heterocycles. The molecule has 106 valence electrons. The lowest BCUT2D eigenvalue weighted by Crippen LogP contribution is -2.38. The second-order valence-corrected chi connectivity index (χ2v) is 5.83. The molecule has 1 N–H and O–H groups in total. The van der Waals surface area contributed by atoms with Gasteiger partial charge in [0.2, 0.25) is 0 Å². The molecule has 3 heteroatoms. The molecule has 1 unspecified atom stereocenters. The average molecular weight is 261 g/mol. The van der Waals surface area contributed by atoms with Gasteiger partial charge in [-0.3, -0.25) is 0 Å². The molecule has 2 rings (SSSR count). The van der Waals surface area contributed by atoms with Gasteiger partial charge in [0, 0.05) is 31.4 Å². The summed E-state index contributed by atoms with van der Waals surface area (Å²) in [6, 6.07) is 9.36. The lowest BCUT2D eigenvalue weighted by Gasteiger charge is -2.25. The molecular weight excluding hydrogens is 234 g/mol. The average Bonchev–Trinajstić information content (AvgIpc) is 2.78. The molecule has 0 saturated carbocycles. The Hall–Kier alpha value is -1.06. The number of likely N-dealkylation sites (tertiary alicyclic amines) is 1. The van der Waals surface area contributed by atoms with Crippen molar-refractivity contribution in [1.82, 2.24) is 9.80 Å². The maximum absolute atomic E-state index is 3.48. The van der Waals surface area contributed by atoms with Crippen LogP contribution in [0.2, 0.25) is 0 Å². The summed E-state index contributed by atoms with van der Waals surface area (Å²) < 4.78 is 0. The standard InChI is InChI=1S/C16H27N3/c1-14-6-8-15(9-7-14)17-10-12-18(2)13-16-5-4-11-19(16)3/h6-9,16-17H,4-5,10-13H2,1-3H3. The highest BCUT2D eigenvalue weighted by molar-refractivity contribution is 5.44. The number of aryl methyl sites for hydroxylation is 1. The Kier molecular flexibility index (Phi) is 5.23.